The van der Waals surface area contributed by atoms with Crippen molar-refractivity contribution in [3.05, 3.63) is 72.2 Å². The van der Waals surface area contributed by atoms with Gasteiger partial charge in [0.1, 0.15) is 5.82 Å². The molecule has 1 aromatic heterocycles. The number of hydrogen-bond donors (Lipinski definition) is 2. The normalized spacial score (nSPS) is 10.4. The number of hydrogen-bond acceptors (Lipinski definition) is 4. The maximum Gasteiger partial charge on any atom is 0.273 e. The van der Waals surface area contributed by atoms with Crippen LogP contribution in [-0.2, 0) is 0 Å². The molecule has 0 aliphatic heterocycles. The first-order chi connectivity index (χ1) is 12.2. The summed E-state index contributed by atoms with van der Waals surface area (Å²) in [6.07, 6.45) is 0.700. The third-order valence-corrected chi connectivity index (χ3v) is 3.59. The van der Waals surface area contributed by atoms with Crippen LogP contribution in [0, 0.1) is 5.82 Å². The molecule has 0 aliphatic rings. The van der Waals surface area contributed by atoms with Crippen molar-refractivity contribution in [2.45, 2.75) is 6.42 Å². The Kier molecular flexibility index (Phi) is 5.41. The molecule has 0 aliphatic carbocycles. The smallest absolute Gasteiger partial charge is 0.273 e. The van der Waals surface area contributed by atoms with Gasteiger partial charge in [-0.15, -0.1) is 0 Å². The Morgan fingerprint density at radius 2 is 1.88 bits per heavy atom. The summed E-state index contributed by atoms with van der Waals surface area (Å²) < 4.78 is 18.3. The number of anilines is 1. The standard InChI is InChI=1S/C19H18FN3O2/c20-15-8-4-9-16(12-15)21-10-5-11-22-19(24)17-13-18(25-23-17)14-6-2-1-3-7-14/h1-4,6-9,12-13,21H,5,10-11H2,(H,22,24). The average Bonchev–Trinajstić information content (AvgIpc) is 3.12. The lowest BCUT2D eigenvalue weighted by molar-refractivity contribution is 0.0944. The molecule has 2 aromatic carbocycles. The van der Waals surface area contributed by atoms with Crippen molar-refractivity contribution in [3.8, 4) is 11.3 Å². The first-order valence-electron chi connectivity index (χ1n) is 8.02. The van der Waals surface area contributed by atoms with E-state index in [1.165, 1.54) is 12.1 Å². The van der Waals surface area contributed by atoms with Crippen molar-refractivity contribution in [2.75, 3.05) is 18.4 Å². The summed E-state index contributed by atoms with van der Waals surface area (Å²) >= 11 is 0. The Morgan fingerprint density at radius 3 is 2.68 bits per heavy atom. The number of aromatic nitrogens is 1. The lowest BCUT2D eigenvalue weighted by Gasteiger charge is -2.06. The summed E-state index contributed by atoms with van der Waals surface area (Å²) in [6.45, 7) is 1.10. The highest BCUT2D eigenvalue weighted by molar-refractivity contribution is 5.93. The molecule has 6 heteroatoms. The van der Waals surface area contributed by atoms with Crippen LogP contribution in [0.2, 0.25) is 0 Å². The summed E-state index contributed by atoms with van der Waals surface area (Å²) in [5.41, 5.74) is 1.83. The molecule has 1 amide bonds. The molecule has 0 saturated carbocycles. The third kappa shape index (κ3) is 4.67. The summed E-state index contributed by atoms with van der Waals surface area (Å²) in [4.78, 5) is 12.1. The predicted octanol–water partition coefficient (Wildman–Crippen LogP) is 3.71. The second-order valence-electron chi connectivity index (χ2n) is 5.49. The van der Waals surface area contributed by atoms with E-state index < -0.39 is 0 Å². The third-order valence-electron chi connectivity index (χ3n) is 3.59. The first kappa shape index (κ1) is 16.7. The quantitative estimate of drug-likeness (QED) is 0.644. The van der Waals surface area contributed by atoms with E-state index in [0.29, 0.717) is 25.3 Å². The molecule has 0 radical (unpaired) electrons. The van der Waals surface area contributed by atoms with Crippen molar-refractivity contribution in [1.82, 2.24) is 10.5 Å². The van der Waals surface area contributed by atoms with Crippen molar-refractivity contribution >= 4 is 11.6 Å². The molecule has 128 valence electrons. The SMILES string of the molecule is O=C(NCCCNc1cccc(F)c1)c1cc(-c2ccccc2)on1. The van der Waals surface area contributed by atoms with E-state index in [1.54, 1.807) is 18.2 Å². The molecule has 0 fully saturated rings. The predicted molar refractivity (Wildman–Crippen MR) is 93.8 cm³/mol. The van der Waals surface area contributed by atoms with Crippen LogP contribution in [0.3, 0.4) is 0 Å². The van der Waals surface area contributed by atoms with Crippen LogP contribution in [0.25, 0.3) is 11.3 Å². The molecule has 0 saturated heterocycles. The zero-order valence-electron chi connectivity index (χ0n) is 13.5. The number of amides is 1. The average molecular weight is 339 g/mol. The van der Waals surface area contributed by atoms with Gasteiger partial charge in [0.2, 0.25) is 0 Å². The summed E-state index contributed by atoms with van der Waals surface area (Å²) in [5, 5.41) is 9.69. The monoisotopic (exact) mass is 339 g/mol. The van der Waals surface area contributed by atoms with Crippen LogP contribution in [0.4, 0.5) is 10.1 Å². The van der Waals surface area contributed by atoms with E-state index in [2.05, 4.69) is 15.8 Å². The molecule has 0 unspecified atom stereocenters. The Bertz CT molecular complexity index is 833. The van der Waals surface area contributed by atoms with E-state index in [0.717, 1.165) is 11.3 Å². The fourth-order valence-corrected chi connectivity index (χ4v) is 2.33. The molecule has 2 N–H and O–H groups in total. The summed E-state index contributed by atoms with van der Waals surface area (Å²) in [6, 6.07) is 17.4. The van der Waals surface area contributed by atoms with Crippen molar-refractivity contribution in [2.24, 2.45) is 0 Å². The highest BCUT2D eigenvalue weighted by atomic mass is 19.1. The number of carbonyl (C=O) groups excluding carboxylic acids is 1. The molecule has 5 nitrogen and oxygen atoms in total. The highest BCUT2D eigenvalue weighted by Gasteiger charge is 2.12. The number of benzene rings is 2. The van der Waals surface area contributed by atoms with Crippen LogP contribution in [0.5, 0.6) is 0 Å². The van der Waals surface area contributed by atoms with Gasteiger partial charge < -0.3 is 15.2 Å². The van der Waals surface area contributed by atoms with E-state index in [1.807, 2.05) is 30.3 Å². The number of halogens is 1. The molecular formula is C19H18FN3O2. The van der Waals surface area contributed by atoms with Crippen LogP contribution in [-0.4, -0.2) is 24.2 Å². The minimum absolute atomic E-state index is 0.247. The Balaban J connectivity index is 1.43. The van der Waals surface area contributed by atoms with Crippen LogP contribution < -0.4 is 10.6 Å². The van der Waals surface area contributed by atoms with Gasteiger partial charge in [0.15, 0.2) is 11.5 Å². The van der Waals surface area contributed by atoms with Gasteiger partial charge in [-0.2, -0.15) is 0 Å². The van der Waals surface area contributed by atoms with Gasteiger partial charge in [0, 0.05) is 30.4 Å². The van der Waals surface area contributed by atoms with Gasteiger partial charge in [0.25, 0.3) is 5.91 Å². The minimum atomic E-state index is -0.281. The van der Waals surface area contributed by atoms with Crippen LogP contribution in [0.1, 0.15) is 16.9 Å². The minimum Gasteiger partial charge on any atom is -0.385 e. The van der Waals surface area contributed by atoms with E-state index in [-0.39, 0.29) is 17.4 Å². The lowest BCUT2D eigenvalue weighted by Crippen LogP contribution is -2.26. The zero-order valence-corrected chi connectivity index (χ0v) is 13.5. The molecule has 0 atom stereocenters. The Labute approximate surface area is 144 Å². The Morgan fingerprint density at radius 1 is 1.04 bits per heavy atom. The van der Waals surface area contributed by atoms with Crippen LogP contribution in [0.15, 0.2) is 65.2 Å². The Hall–Kier alpha value is -3.15. The van der Waals surface area contributed by atoms with Gasteiger partial charge in [-0.25, -0.2) is 4.39 Å². The van der Waals surface area contributed by atoms with Crippen molar-refractivity contribution in [3.63, 3.8) is 0 Å². The number of nitrogens with one attached hydrogen (secondary N) is 2. The van der Waals surface area contributed by atoms with E-state index in [9.17, 15) is 9.18 Å². The molecule has 0 bridgehead atoms. The number of rotatable bonds is 7. The number of carbonyl (C=O) groups is 1. The summed E-state index contributed by atoms with van der Waals surface area (Å²) in [7, 11) is 0. The van der Waals surface area contributed by atoms with Gasteiger partial charge in [-0.05, 0) is 24.6 Å². The fraction of sp³-hybridized carbons (Fsp3) is 0.158. The molecule has 1 heterocycles. The second-order valence-corrected chi connectivity index (χ2v) is 5.49. The van der Waals surface area contributed by atoms with Crippen molar-refractivity contribution in [1.29, 1.82) is 0 Å². The first-order valence-corrected chi connectivity index (χ1v) is 8.02. The molecular weight excluding hydrogens is 321 g/mol. The van der Waals surface area contributed by atoms with Gasteiger partial charge in [0.05, 0.1) is 0 Å². The van der Waals surface area contributed by atoms with E-state index >= 15 is 0 Å². The van der Waals surface area contributed by atoms with Gasteiger partial charge in [-0.1, -0.05) is 41.6 Å². The zero-order chi connectivity index (χ0) is 17.5. The molecule has 25 heavy (non-hydrogen) atoms. The lowest BCUT2D eigenvalue weighted by atomic mass is 10.1. The van der Waals surface area contributed by atoms with Crippen LogP contribution >= 0.6 is 0 Å². The molecule has 3 aromatic rings. The number of nitrogens with zero attached hydrogens (tertiary/aromatic N) is 1. The van der Waals surface area contributed by atoms with E-state index in [4.69, 9.17) is 4.52 Å². The molecule has 3 rings (SSSR count). The maximum atomic E-state index is 13.0. The van der Waals surface area contributed by atoms with Crippen molar-refractivity contribution < 1.29 is 13.7 Å². The summed E-state index contributed by atoms with van der Waals surface area (Å²) in [5.74, 6) is -0.00578. The largest absolute Gasteiger partial charge is 0.385 e. The van der Waals surface area contributed by atoms with Gasteiger partial charge in [-0.3, -0.25) is 4.79 Å². The van der Waals surface area contributed by atoms with Gasteiger partial charge >= 0.3 is 0 Å². The second kappa shape index (κ2) is 8.10. The fourth-order valence-electron chi connectivity index (χ4n) is 2.33. The maximum absolute atomic E-state index is 13.0. The molecule has 0 spiro atoms. The highest BCUT2D eigenvalue weighted by Crippen LogP contribution is 2.19. The topological polar surface area (TPSA) is 67.2 Å².